The van der Waals surface area contributed by atoms with Crippen LogP contribution in [0.15, 0.2) is 12.2 Å². The Hall–Kier alpha value is -0.870. The molecule has 2 atom stereocenters. The second-order valence-electron chi connectivity index (χ2n) is 6.73. The van der Waals surface area contributed by atoms with E-state index in [1.54, 1.807) is 6.08 Å². The Balaban J connectivity index is 3.47. The van der Waals surface area contributed by atoms with E-state index in [-0.39, 0.29) is 12.5 Å². The number of carbonyl (C=O) groups is 1. The molecule has 3 N–H and O–H groups in total. The Bertz CT molecular complexity index is 318. The number of aliphatic hydroxyl groups excluding tert-OH is 2. The Morgan fingerprint density at radius 3 is 1.92 bits per heavy atom. The number of aliphatic hydroxyl groups is 2. The maximum Gasteiger partial charge on any atom is 0.217 e. The van der Waals surface area contributed by atoms with Crippen LogP contribution in [0.1, 0.15) is 90.9 Å². The van der Waals surface area contributed by atoms with E-state index in [2.05, 4.69) is 12.2 Å². The average Bonchev–Trinajstić information content (AvgIpc) is 2.56. The Morgan fingerprint density at radius 2 is 1.46 bits per heavy atom. The lowest BCUT2D eigenvalue weighted by Gasteiger charge is -2.18. The van der Waals surface area contributed by atoms with E-state index in [9.17, 15) is 9.90 Å². The van der Waals surface area contributed by atoms with Crippen LogP contribution < -0.4 is 5.32 Å². The van der Waals surface area contributed by atoms with Gasteiger partial charge in [0.15, 0.2) is 0 Å². The van der Waals surface area contributed by atoms with Gasteiger partial charge in [0.2, 0.25) is 5.91 Å². The van der Waals surface area contributed by atoms with Crippen LogP contribution in [-0.2, 0) is 4.79 Å². The van der Waals surface area contributed by atoms with Gasteiger partial charge in [-0.1, -0.05) is 83.3 Å². The molecule has 0 saturated carbocycles. The first kappa shape index (κ1) is 23.1. The van der Waals surface area contributed by atoms with Gasteiger partial charge in [-0.05, 0) is 12.8 Å². The summed E-state index contributed by atoms with van der Waals surface area (Å²) >= 11 is 0. The van der Waals surface area contributed by atoms with Gasteiger partial charge in [0.1, 0.15) is 0 Å². The molecule has 0 spiro atoms. The molecule has 0 heterocycles. The molecule has 4 heteroatoms. The highest BCUT2D eigenvalue weighted by Crippen LogP contribution is 2.12. The third kappa shape index (κ3) is 14.7. The van der Waals surface area contributed by atoms with Crippen LogP contribution in [0.5, 0.6) is 0 Å². The van der Waals surface area contributed by atoms with Crippen molar-refractivity contribution in [2.75, 3.05) is 6.61 Å². The number of hydrogen-bond donors (Lipinski definition) is 3. The van der Waals surface area contributed by atoms with E-state index in [1.165, 1.54) is 71.1 Å². The molecule has 0 rings (SSSR count). The minimum absolute atomic E-state index is 0.244. The third-order valence-corrected chi connectivity index (χ3v) is 4.31. The van der Waals surface area contributed by atoms with Gasteiger partial charge < -0.3 is 15.5 Å². The van der Waals surface area contributed by atoms with Crippen molar-refractivity contribution in [2.24, 2.45) is 0 Å². The van der Waals surface area contributed by atoms with Crippen LogP contribution >= 0.6 is 0 Å². The number of allylic oxidation sites excluding steroid dienone is 1. The molecular weight excluding hydrogens is 302 g/mol. The average molecular weight is 342 g/mol. The zero-order chi connectivity index (χ0) is 18.0. The lowest BCUT2D eigenvalue weighted by Crippen LogP contribution is -2.44. The Kier molecular flexibility index (Phi) is 16.4. The summed E-state index contributed by atoms with van der Waals surface area (Å²) in [4.78, 5) is 10.9. The third-order valence-electron chi connectivity index (χ3n) is 4.31. The second kappa shape index (κ2) is 17.0. The van der Waals surface area contributed by atoms with Crippen LogP contribution in [0.25, 0.3) is 0 Å². The first-order valence-electron chi connectivity index (χ1n) is 9.84. The summed E-state index contributed by atoms with van der Waals surface area (Å²) in [6.07, 6.45) is 18.3. The largest absolute Gasteiger partial charge is 0.394 e. The molecule has 24 heavy (non-hydrogen) atoms. The number of hydrogen-bond acceptors (Lipinski definition) is 3. The van der Waals surface area contributed by atoms with Crippen molar-refractivity contribution in [3.63, 3.8) is 0 Å². The van der Waals surface area contributed by atoms with Gasteiger partial charge in [0, 0.05) is 6.92 Å². The molecule has 0 fully saturated rings. The monoisotopic (exact) mass is 341 g/mol. The van der Waals surface area contributed by atoms with Crippen LogP contribution in [0.4, 0.5) is 0 Å². The molecule has 1 amide bonds. The minimum Gasteiger partial charge on any atom is -0.394 e. The number of carbonyl (C=O) groups excluding carboxylic acids is 1. The minimum atomic E-state index is -0.827. The van der Waals surface area contributed by atoms with Gasteiger partial charge in [-0.25, -0.2) is 0 Å². The molecule has 142 valence electrons. The quantitative estimate of drug-likeness (QED) is 0.292. The highest BCUT2D eigenvalue weighted by Gasteiger charge is 2.15. The van der Waals surface area contributed by atoms with Gasteiger partial charge in [-0.2, -0.15) is 0 Å². The Labute approximate surface area is 148 Å². The predicted octanol–water partition coefficient (Wildman–Crippen LogP) is 4.10. The van der Waals surface area contributed by atoms with Gasteiger partial charge in [0.25, 0.3) is 0 Å². The summed E-state index contributed by atoms with van der Waals surface area (Å²) in [6, 6.07) is -0.615. The van der Waals surface area contributed by atoms with Crippen molar-refractivity contribution >= 4 is 5.91 Å². The molecule has 0 aliphatic carbocycles. The number of unbranched alkanes of at least 4 members (excludes halogenated alkanes) is 11. The number of nitrogens with one attached hydrogen (secondary N) is 1. The van der Waals surface area contributed by atoms with Gasteiger partial charge in [0.05, 0.1) is 18.8 Å². The Morgan fingerprint density at radius 1 is 0.958 bits per heavy atom. The molecule has 0 aromatic carbocycles. The first-order chi connectivity index (χ1) is 11.6. The van der Waals surface area contributed by atoms with Gasteiger partial charge >= 0.3 is 0 Å². The van der Waals surface area contributed by atoms with E-state index < -0.39 is 12.1 Å². The van der Waals surface area contributed by atoms with E-state index in [0.29, 0.717) is 0 Å². The summed E-state index contributed by atoms with van der Waals surface area (Å²) in [6.45, 7) is 3.37. The molecule has 0 aromatic heterocycles. The maximum absolute atomic E-state index is 10.9. The van der Waals surface area contributed by atoms with Gasteiger partial charge in [-0.3, -0.25) is 4.79 Å². The topological polar surface area (TPSA) is 69.6 Å². The zero-order valence-electron chi connectivity index (χ0n) is 15.8. The number of amides is 1. The highest BCUT2D eigenvalue weighted by molar-refractivity contribution is 5.73. The molecule has 0 aliphatic rings. The summed E-state index contributed by atoms with van der Waals surface area (Å²) in [7, 11) is 0. The molecule has 2 unspecified atom stereocenters. The zero-order valence-corrected chi connectivity index (χ0v) is 15.8. The fourth-order valence-electron chi connectivity index (χ4n) is 2.80. The van der Waals surface area contributed by atoms with Crippen molar-refractivity contribution in [2.45, 2.75) is 103 Å². The summed E-state index contributed by atoms with van der Waals surface area (Å²) in [5, 5.41) is 21.5. The lowest BCUT2D eigenvalue weighted by molar-refractivity contribution is -0.120. The van der Waals surface area contributed by atoms with Crippen LogP contribution in [0, 0.1) is 0 Å². The molecule has 0 aliphatic heterocycles. The molecular formula is C20H39NO3. The van der Waals surface area contributed by atoms with E-state index >= 15 is 0 Å². The van der Waals surface area contributed by atoms with E-state index in [4.69, 9.17) is 5.11 Å². The van der Waals surface area contributed by atoms with Crippen molar-refractivity contribution in [3.8, 4) is 0 Å². The highest BCUT2D eigenvalue weighted by atomic mass is 16.3. The van der Waals surface area contributed by atoms with E-state index in [1.807, 2.05) is 6.08 Å². The molecule has 0 saturated heterocycles. The predicted molar refractivity (Wildman–Crippen MR) is 101 cm³/mol. The van der Waals surface area contributed by atoms with Crippen molar-refractivity contribution < 1.29 is 15.0 Å². The van der Waals surface area contributed by atoms with Crippen molar-refractivity contribution in [3.05, 3.63) is 12.2 Å². The molecule has 0 aromatic rings. The normalized spacial score (nSPS) is 14.0. The molecule has 0 bridgehead atoms. The number of rotatable bonds is 16. The summed E-state index contributed by atoms with van der Waals surface area (Å²) in [5.74, 6) is -0.244. The van der Waals surface area contributed by atoms with Crippen LogP contribution in [0.2, 0.25) is 0 Å². The van der Waals surface area contributed by atoms with Crippen LogP contribution in [0.3, 0.4) is 0 Å². The summed E-state index contributed by atoms with van der Waals surface area (Å²) < 4.78 is 0. The summed E-state index contributed by atoms with van der Waals surface area (Å²) in [5.41, 5.74) is 0. The van der Waals surface area contributed by atoms with Crippen LogP contribution in [-0.4, -0.2) is 34.9 Å². The van der Waals surface area contributed by atoms with Crippen molar-refractivity contribution in [1.29, 1.82) is 0 Å². The van der Waals surface area contributed by atoms with E-state index in [0.717, 1.165) is 12.8 Å². The first-order valence-corrected chi connectivity index (χ1v) is 9.84. The maximum atomic E-state index is 10.9. The molecule has 0 radical (unpaired) electrons. The smallest absolute Gasteiger partial charge is 0.217 e. The lowest BCUT2D eigenvalue weighted by atomic mass is 10.0. The van der Waals surface area contributed by atoms with Crippen molar-refractivity contribution in [1.82, 2.24) is 5.32 Å². The SMILES string of the molecule is CCCCCCCCCCCCC/C=C/C(O)C(CO)NC(C)=O. The fraction of sp³-hybridized carbons (Fsp3) is 0.850. The standard InChI is InChI=1S/C20H39NO3/c1-3-4-5-6-7-8-9-10-11-12-13-14-15-16-20(24)19(17-22)21-18(2)23/h15-16,19-20,22,24H,3-14,17H2,1-2H3,(H,21,23)/b16-15+. The molecule has 4 nitrogen and oxygen atoms in total. The second-order valence-corrected chi connectivity index (χ2v) is 6.73. The fourth-order valence-corrected chi connectivity index (χ4v) is 2.80. The van der Waals surface area contributed by atoms with Gasteiger partial charge in [-0.15, -0.1) is 0 Å².